The van der Waals surface area contributed by atoms with Crippen LogP contribution in [0.5, 0.6) is 11.5 Å². The second-order valence-corrected chi connectivity index (χ2v) is 31.7. The van der Waals surface area contributed by atoms with Crippen molar-refractivity contribution in [3.05, 3.63) is 177 Å². The number of ether oxygens (including phenoxy) is 2. The highest BCUT2D eigenvalue weighted by molar-refractivity contribution is 6.28. The molecule has 12 heteroatoms. The van der Waals surface area contributed by atoms with Crippen LogP contribution < -0.4 is 20.1 Å². The molecule has 0 unspecified atom stereocenters. The van der Waals surface area contributed by atoms with Crippen molar-refractivity contribution in [2.45, 2.75) is 310 Å². The summed E-state index contributed by atoms with van der Waals surface area (Å²) in [4.78, 5) is 56.4. The van der Waals surface area contributed by atoms with Crippen LogP contribution in [0.4, 0.5) is 11.4 Å². The molecule has 0 spiro atoms. The molecule has 0 bridgehead atoms. The van der Waals surface area contributed by atoms with Crippen LogP contribution in [-0.2, 0) is 0 Å². The van der Waals surface area contributed by atoms with Crippen molar-refractivity contribution in [2.75, 3.05) is 36.9 Å². The monoisotopic (exact) mass is 1520 g/mol. The van der Waals surface area contributed by atoms with Crippen molar-refractivity contribution in [2.24, 2.45) is 10.2 Å². The Bertz CT molecular complexity index is 3790. The smallest absolute Gasteiger partial charge is 0.282 e. The van der Waals surface area contributed by atoms with Gasteiger partial charge in [0.05, 0.1) is 47.9 Å². The molecule has 2 aliphatic heterocycles. The number of hydrogen-bond acceptors (Lipinski definition) is 10. The van der Waals surface area contributed by atoms with Gasteiger partial charge in [-0.2, -0.15) is 20.2 Å². The molecule has 2 aliphatic rings. The van der Waals surface area contributed by atoms with Gasteiger partial charge in [-0.05, 0) is 96.5 Å². The predicted molar refractivity (Wildman–Crippen MR) is 475 cm³/mol. The number of imide groups is 2. The Kier molecular flexibility index (Phi) is 39.9. The summed E-state index contributed by atoms with van der Waals surface area (Å²) in [5, 5.41) is 21.4. The minimum absolute atomic E-state index is 0.438. The quantitative estimate of drug-likeness (QED) is 0.0166. The molecule has 4 amide bonds. The van der Waals surface area contributed by atoms with Crippen molar-refractivity contribution >= 4 is 93.3 Å². The Balaban J connectivity index is 0.792. The van der Waals surface area contributed by atoms with Crippen LogP contribution in [-0.4, -0.2) is 72.4 Å². The maximum Gasteiger partial charge on any atom is 0.282 e. The van der Waals surface area contributed by atoms with E-state index < -0.39 is 23.6 Å². The fourth-order valence-corrected chi connectivity index (χ4v) is 15.7. The van der Waals surface area contributed by atoms with Gasteiger partial charge in [-0.15, -0.1) is 0 Å². The van der Waals surface area contributed by atoms with Gasteiger partial charge in [-0.3, -0.25) is 19.2 Å². The standard InChI is InChI=1S/C100H136N6O6/c1-5-9-13-17-21-23-25-27-29-31-33-35-37-39-41-45-71-101-91-69-67-89-95-85(91)51-49-53-87(95)97(107)105(99(89)109)103-77-81-59-55-79(56-60-81)63-65-83-75-94(112-74-48-44-20-16-12-8-4)84(76-93(83)111-73-47-43-19-15-11-7-3)66-64-80-57-61-82(62-58-80)78-104-106-98(108)88-54-50-52-86-92(70-68-90(96(86)88)100(106)110)102-72-46-42-40-38-36-34-32-30-28-26-24-22-18-14-10-6-2/h49-70,75-78,101-102H,5-48,71-74H2,1-4H3/b65-63+,66-64+,103-77+,104-78+. The first kappa shape index (κ1) is 87.3. The van der Waals surface area contributed by atoms with Gasteiger partial charge in [-0.25, -0.2) is 0 Å². The number of carbonyl (C=O) groups is 4. The molecule has 0 radical (unpaired) electrons. The van der Waals surface area contributed by atoms with Gasteiger partial charge in [0.2, 0.25) is 0 Å². The highest BCUT2D eigenvalue weighted by atomic mass is 16.5. The van der Waals surface area contributed by atoms with Crippen LogP contribution in [0.15, 0.2) is 132 Å². The van der Waals surface area contributed by atoms with E-state index in [9.17, 15) is 19.2 Å². The maximum absolute atomic E-state index is 14.1. The van der Waals surface area contributed by atoms with E-state index in [1.54, 1.807) is 24.6 Å². The van der Waals surface area contributed by atoms with Gasteiger partial charge in [0.1, 0.15) is 11.5 Å². The molecule has 2 heterocycles. The lowest BCUT2D eigenvalue weighted by atomic mass is 9.93. The number of rotatable bonds is 60. The molecule has 2 N–H and O–H groups in total. The number of carbonyl (C=O) groups excluding carboxylic acids is 4. The number of unbranched alkanes of at least 4 members (excludes halogenated alkanes) is 40. The summed E-state index contributed by atoms with van der Waals surface area (Å²) in [6.07, 6.45) is 67.9. The van der Waals surface area contributed by atoms with Crippen LogP contribution in [0.25, 0.3) is 45.8 Å². The molecule has 7 aromatic rings. The topological polar surface area (TPSA) is 142 Å². The molecule has 9 rings (SSSR count). The lowest BCUT2D eigenvalue weighted by Gasteiger charge is -2.24. The summed E-state index contributed by atoms with van der Waals surface area (Å²) in [5.74, 6) is -0.232. The molecule has 112 heavy (non-hydrogen) atoms. The zero-order valence-corrected chi connectivity index (χ0v) is 69.2. The lowest BCUT2D eigenvalue weighted by Crippen LogP contribution is -2.36. The molecule has 0 fully saturated rings. The number of hydrazone groups is 2. The van der Waals surface area contributed by atoms with Crippen molar-refractivity contribution < 1.29 is 28.7 Å². The van der Waals surface area contributed by atoms with Crippen LogP contribution in [0, 0.1) is 0 Å². The summed E-state index contributed by atoms with van der Waals surface area (Å²) >= 11 is 0. The van der Waals surface area contributed by atoms with E-state index in [1.807, 2.05) is 97.1 Å². The van der Waals surface area contributed by atoms with Gasteiger partial charge in [0.25, 0.3) is 23.6 Å². The van der Waals surface area contributed by atoms with E-state index in [1.165, 1.54) is 244 Å². The van der Waals surface area contributed by atoms with Gasteiger partial charge < -0.3 is 20.1 Å². The van der Waals surface area contributed by atoms with Crippen molar-refractivity contribution in [1.29, 1.82) is 0 Å². The molecule has 602 valence electrons. The van der Waals surface area contributed by atoms with Crippen molar-refractivity contribution in [3.63, 3.8) is 0 Å². The Morgan fingerprint density at radius 3 is 0.866 bits per heavy atom. The molecular formula is C100H136N6O6. The predicted octanol–water partition coefficient (Wildman–Crippen LogP) is 28.4. The first-order valence-electron chi connectivity index (χ1n) is 44.7. The summed E-state index contributed by atoms with van der Waals surface area (Å²) in [7, 11) is 0. The van der Waals surface area contributed by atoms with E-state index in [0.717, 1.165) is 129 Å². The highest BCUT2D eigenvalue weighted by Gasteiger charge is 2.35. The van der Waals surface area contributed by atoms with E-state index in [4.69, 9.17) is 9.47 Å². The van der Waals surface area contributed by atoms with Crippen LogP contribution in [0.3, 0.4) is 0 Å². The Labute approximate surface area is 673 Å². The molecule has 7 aromatic carbocycles. The first-order chi connectivity index (χ1) is 55.2. The van der Waals surface area contributed by atoms with Crippen LogP contribution in [0.2, 0.25) is 0 Å². The van der Waals surface area contributed by atoms with Crippen LogP contribution >= 0.6 is 0 Å². The molecule has 0 aliphatic carbocycles. The van der Waals surface area contributed by atoms with E-state index in [0.29, 0.717) is 46.2 Å². The summed E-state index contributed by atoms with van der Waals surface area (Å²) < 4.78 is 13.4. The minimum atomic E-state index is -0.438. The molecular weight excluding hydrogens is 1380 g/mol. The number of hydrogen-bond donors (Lipinski definition) is 2. The van der Waals surface area contributed by atoms with Gasteiger partial charge in [0.15, 0.2) is 0 Å². The number of anilines is 2. The largest absolute Gasteiger partial charge is 0.493 e. The summed E-state index contributed by atoms with van der Waals surface area (Å²) in [5.41, 5.74) is 8.93. The first-order valence-corrected chi connectivity index (χ1v) is 44.7. The summed E-state index contributed by atoms with van der Waals surface area (Å²) in [6.45, 7) is 11.9. The van der Waals surface area contributed by atoms with Gasteiger partial charge in [-0.1, -0.05) is 382 Å². The Morgan fingerprint density at radius 2 is 0.562 bits per heavy atom. The molecule has 0 aromatic heterocycles. The Hall–Kier alpha value is -8.64. The fourth-order valence-electron chi connectivity index (χ4n) is 15.7. The number of amides is 4. The number of benzene rings is 7. The Morgan fingerprint density at radius 1 is 0.295 bits per heavy atom. The van der Waals surface area contributed by atoms with Crippen molar-refractivity contribution in [3.8, 4) is 11.5 Å². The third kappa shape index (κ3) is 28.5. The second-order valence-electron chi connectivity index (χ2n) is 31.7. The fraction of sp³-hybridized carbons (Fsp3) is 0.520. The summed E-state index contributed by atoms with van der Waals surface area (Å²) in [6, 6.07) is 38.9. The van der Waals surface area contributed by atoms with E-state index in [2.05, 4.69) is 85.0 Å². The zero-order chi connectivity index (χ0) is 78.4. The average molecular weight is 1520 g/mol. The molecule has 0 saturated heterocycles. The van der Waals surface area contributed by atoms with Gasteiger partial charge >= 0.3 is 0 Å². The highest BCUT2D eigenvalue weighted by Crippen LogP contribution is 2.38. The van der Waals surface area contributed by atoms with Crippen molar-refractivity contribution in [1.82, 2.24) is 10.0 Å². The normalized spacial score (nSPS) is 13.0. The average Bonchev–Trinajstić information content (AvgIpc) is 0.747. The van der Waals surface area contributed by atoms with E-state index >= 15 is 0 Å². The second kappa shape index (κ2) is 51.2. The minimum Gasteiger partial charge on any atom is -0.493 e. The lowest BCUT2D eigenvalue weighted by molar-refractivity contribution is 0.0601. The SMILES string of the molecule is CCCCCCCCCCCCCCCCCCNc1ccc2c3c(cccc13)C(=O)N(/N=C/c1ccc(/C=C/c3cc(OCCCCCCCC)c(/C=C/c4ccc(/C=N/N5C(=O)c6cccc7c(NCCCCCCCCCCCCCCCCCC)ccc(c67)C5=O)cc4)cc3OCCCCCCCC)cc1)C2=O. The van der Waals surface area contributed by atoms with Crippen LogP contribution in [0.1, 0.15) is 385 Å². The van der Waals surface area contributed by atoms with E-state index in [-0.39, 0.29) is 0 Å². The number of nitrogens with zero attached hydrogens (tertiary/aromatic N) is 4. The zero-order valence-electron chi connectivity index (χ0n) is 69.2. The molecule has 0 atom stereocenters. The maximum atomic E-state index is 14.1. The molecule has 12 nitrogen and oxygen atoms in total. The van der Waals surface area contributed by atoms with Gasteiger partial charge in [0, 0.05) is 57.1 Å². The number of nitrogens with one attached hydrogen (secondary N) is 2. The third-order valence-corrected chi connectivity index (χ3v) is 22.5. The molecule has 0 saturated carbocycles. The third-order valence-electron chi connectivity index (χ3n) is 22.5.